The number of primary amides is 1. The van der Waals surface area contributed by atoms with Gasteiger partial charge < -0.3 is 15.8 Å². The zero-order valence-corrected chi connectivity index (χ0v) is 13.5. The molecular formula is C15H15ClN4O4. The molecule has 2 rings (SSSR count). The Morgan fingerprint density at radius 2 is 2.17 bits per heavy atom. The molecule has 0 aliphatic heterocycles. The minimum absolute atomic E-state index is 0.136. The van der Waals surface area contributed by atoms with Crippen molar-refractivity contribution >= 4 is 35.1 Å². The molecule has 0 saturated carbocycles. The number of hydrogen-bond donors (Lipinski definition) is 3. The molecule has 9 heteroatoms. The Balaban J connectivity index is 2.21. The number of Topliss-reactive ketones (excluding diaryl/α,β-unsaturated/α-hetero) is 1. The van der Waals surface area contributed by atoms with Crippen LogP contribution in [-0.2, 0) is 16.0 Å². The van der Waals surface area contributed by atoms with Gasteiger partial charge in [0.25, 0.3) is 5.91 Å². The number of carbonyl (C=O) groups is 3. The molecule has 1 unspecified atom stereocenters. The number of halogens is 1. The van der Waals surface area contributed by atoms with Gasteiger partial charge in [-0.2, -0.15) is 5.10 Å². The van der Waals surface area contributed by atoms with Crippen molar-refractivity contribution < 1.29 is 19.1 Å². The fourth-order valence-electron chi connectivity index (χ4n) is 2.05. The highest BCUT2D eigenvalue weighted by Gasteiger charge is 2.22. The van der Waals surface area contributed by atoms with Gasteiger partial charge in [-0.05, 0) is 18.6 Å². The molecule has 1 heterocycles. The number of benzene rings is 1. The number of aromatic amines is 1. The van der Waals surface area contributed by atoms with E-state index in [-0.39, 0.29) is 17.0 Å². The second-order valence-corrected chi connectivity index (χ2v) is 5.34. The first-order chi connectivity index (χ1) is 11.4. The Morgan fingerprint density at radius 3 is 2.79 bits per heavy atom. The maximum atomic E-state index is 12.4. The van der Waals surface area contributed by atoms with Crippen molar-refractivity contribution in [2.45, 2.75) is 19.4 Å². The number of ether oxygens (including phenoxy) is 1. The number of H-pyrrole nitrogens is 1. The van der Waals surface area contributed by atoms with Crippen LogP contribution in [0.2, 0.25) is 5.02 Å². The summed E-state index contributed by atoms with van der Waals surface area (Å²) in [5, 5.41) is 9.11. The maximum Gasteiger partial charge on any atom is 0.405 e. The summed E-state index contributed by atoms with van der Waals surface area (Å²) in [4.78, 5) is 35.3. The summed E-state index contributed by atoms with van der Waals surface area (Å²) in [5.41, 5.74) is 5.93. The SMILES string of the molecule is CC(OC(N)=O)C(=O)Cc1cccc(Cl)c1C(=O)Nc1cn[nH]c1. The number of aromatic nitrogens is 2. The minimum atomic E-state index is -1.04. The zero-order valence-electron chi connectivity index (χ0n) is 12.7. The Bertz CT molecular complexity index is 761. The van der Waals surface area contributed by atoms with Crippen molar-refractivity contribution in [1.29, 1.82) is 0 Å². The number of amides is 2. The van der Waals surface area contributed by atoms with Crippen molar-refractivity contribution in [2.75, 3.05) is 5.32 Å². The van der Waals surface area contributed by atoms with E-state index < -0.39 is 23.9 Å². The number of nitrogens with zero attached hydrogens (tertiary/aromatic N) is 1. The van der Waals surface area contributed by atoms with Crippen LogP contribution in [-0.4, -0.2) is 34.1 Å². The Labute approximate surface area is 142 Å². The molecule has 126 valence electrons. The summed E-state index contributed by atoms with van der Waals surface area (Å²) in [5.74, 6) is -0.887. The number of nitrogens with one attached hydrogen (secondary N) is 2. The Morgan fingerprint density at radius 1 is 1.42 bits per heavy atom. The van der Waals surface area contributed by atoms with Crippen molar-refractivity contribution in [3.63, 3.8) is 0 Å². The van der Waals surface area contributed by atoms with E-state index >= 15 is 0 Å². The van der Waals surface area contributed by atoms with Gasteiger partial charge in [0.15, 0.2) is 11.9 Å². The summed E-state index contributed by atoms with van der Waals surface area (Å²) in [6.07, 6.45) is 0.736. The molecule has 2 amide bonds. The van der Waals surface area contributed by atoms with Crippen LogP contribution in [0.4, 0.5) is 10.5 Å². The fraction of sp³-hybridized carbons (Fsp3) is 0.200. The Kier molecular flexibility index (Phi) is 5.54. The lowest BCUT2D eigenvalue weighted by molar-refractivity contribution is -0.125. The maximum absolute atomic E-state index is 12.4. The molecule has 8 nitrogen and oxygen atoms in total. The smallest absolute Gasteiger partial charge is 0.405 e. The molecule has 0 aliphatic carbocycles. The van der Waals surface area contributed by atoms with E-state index in [0.29, 0.717) is 11.3 Å². The van der Waals surface area contributed by atoms with E-state index in [9.17, 15) is 14.4 Å². The summed E-state index contributed by atoms with van der Waals surface area (Å²) in [6, 6.07) is 4.77. The van der Waals surface area contributed by atoms with Crippen molar-refractivity contribution in [2.24, 2.45) is 5.73 Å². The van der Waals surface area contributed by atoms with Gasteiger partial charge in [0.2, 0.25) is 0 Å². The van der Waals surface area contributed by atoms with Gasteiger partial charge in [0.05, 0.1) is 22.5 Å². The zero-order chi connectivity index (χ0) is 17.7. The van der Waals surface area contributed by atoms with Gasteiger partial charge in [-0.3, -0.25) is 14.7 Å². The van der Waals surface area contributed by atoms with E-state index in [0.717, 1.165) is 0 Å². The van der Waals surface area contributed by atoms with Crippen LogP contribution in [0.15, 0.2) is 30.6 Å². The fourth-order valence-corrected chi connectivity index (χ4v) is 2.33. The second-order valence-electron chi connectivity index (χ2n) is 4.94. The first-order valence-electron chi connectivity index (χ1n) is 6.94. The molecule has 1 atom stereocenters. The lowest BCUT2D eigenvalue weighted by Gasteiger charge is -2.13. The van der Waals surface area contributed by atoms with Crippen LogP contribution >= 0.6 is 11.6 Å². The third kappa shape index (κ3) is 4.32. The average molecular weight is 351 g/mol. The summed E-state index contributed by atoms with van der Waals surface area (Å²) in [7, 11) is 0. The number of ketones is 1. The van der Waals surface area contributed by atoms with Gasteiger partial charge >= 0.3 is 6.09 Å². The standard InChI is InChI=1S/C15H15ClN4O4/c1-8(24-15(17)23)12(21)5-9-3-2-4-11(16)13(9)14(22)20-10-6-18-19-7-10/h2-4,6-8H,5H2,1H3,(H2,17,23)(H,18,19)(H,20,22). The highest BCUT2D eigenvalue weighted by Crippen LogP contribution is 2.22. The second kappa shape index (κ2) is 7.60. The van der Waals surface area contributed by atoms with Gasteiger partial charge in [0, 0.05) is 12.6 Å². The summed E-state index contributed by atoms with van der Waals surface area (Å²) >= 11 is 6.11. The van der Waals surface area contributed by atoms with Crippen LogP contribution in [0.3, 0.4) is 0 Å². The lowest BCUT2D eigenvalue weighted by Crippen LogP contribution is -2.29. The normalized spacial score (nSPS) is 11.6. The van der Waals surface area contributed by atoms with Crippen LogP contribution in [0.5, 0.6) is 0 Å². The number of carbonyl (C=O) groups excluding carboxylic acids is 3. The highest BCUT2D eigenvalue weighted by atomic mass is 35.5. The number of nitrogens with two attached hydrogens (primary N) is 1. The summed E-state index contributed by atoms with van der Waals surface area (Å²) in [6.45, 7) is 1.41. The van der Waals surface area contributed by atoms with Crippen molar-refractivity contribution in [3.05, 3.63) is 46.7 Å². The van der Waals surface area contributed by atoms with Crippen LogP contribution in [0.25, 0.3) is 0 Å². The predicted octanol–water partition coefficient (Wildman–Crippen LogP) is 1.91. The molecule has 0 saturated heterocycles. The molecule has 0 aliphatic rings. The molecular weight excluding hydrogens is 336 g/mol. The van der Waals surface area contributed by atoms with E-state index in [2.05, 4.69) is 20.3 Å². The van der Waals surface area contributed by atoms with E-state index in [1.54, 1.807) is 18.2 Å². The molecule has 0 radical (unpaired) electrons. The topological polar surface area (TPSA) is 127 Å². The monoisotopic (exact) mass is 350 g/mol. The van der Waals surface area contributed by atoms with Gasteiger partial charge in [0.1, 0.15) is 0 Å². The van der Waals surface area contributed by atoms with Gasteiger partial charge in [-0.1, -0.05) is 23.7 Å². The molecule has 2 aromatic rings. The molecule has 0 spiro atoms. The molecule has 4 N–H and O–H groups in total. The number of hydrogen-bond acceptors (Lipinski definition) is 5. The minimum Gasteiger partial charge on any atom is -0.439 e. The Hall–Kier alpha value is -2.87. The molecule has 0 bridgehead atoms. The van der Waals surface area contributed by atoms with E-state index in [1.807, 2.05) is 0 Å². The largest absolute Gasteiger partial charge is 0.439 e. The molecule has 0 fully saturated rings. The third-order valence-corrected chi connectivity index (χ3v) is 3.51. The quantitative estimate of drug-likeness (QED) is 0.733. The van der Waals surface area contributed by atoms with E-state index in [4.69, 9.17) is 17.3 Å². The molecule has 1 aromatic heterocycles. The van der Waals surface area contributed by atoms with Crippen LogP contribution in [0.1, 0.15) is 22.8 Å². The first kappa shape index (κ1) is 17.5. The molecule has 24 heavy (non-hydrogen) atoms. The average Bonchev–Trinajstić information content (AvgIpc) is 2.99. The third-order valence-electron chi connectivity index (χ3n) is 3.19. The predicted molar refractivity (Wildman–Crippen MR) is 86.8 cm³/mol. The van der Waals surface area contributed by atoms with E-state index in [1.165, 1.54) is 19.3 Å². The number of rotatable bonds is 6. The van der Waals surface area contributed by atoms with Gasteiger partial charge in [-0.15, -0.1) is 0 Å². The van der Waals surface area contributed by atoms with Gasteiger partial charge in [-0.25, -0.2) is 4.79 Å². The number of anilines is 1. The van der Waals surface area contributed by atoms with Crippen molar-refractivity contribution in [1.82, 2.24) is 10.2 Å². The van der Waals surface area contributed by atoms with Crippen LogP contribution in [0, 0.1) is 0 Å². The first-order valence-corrected chi connectivity index (χ1v) is 7.32. The van der Waals surface area contributed by atoms with Crippen LogP contribution < -0.4 is 11.1 Å². The lowest BCUT2D eigenvalue weighted by atomic mass is 9.99. The summed E-state index contributed by atoms with van der Waals surface area (Å²) < 4.78 is 4.64. The molecule has 1 aromatic carbocycles. The van der Waals surface area contributed by atoms with Crippen molar-refractivity contribution in [3.8, 4) is 0 Å². The highest BCUT2D eigenvalue weighted by molar-refractivity contribution is 6.34.